The van der Waals surface area contributed by atoms with Crippen LogP contribution in [0.2, 0.25) is 0 Å². The Morgan fingerprint density at radius 1 is 1.05 bits per heavy atom. The van der Waals surface area contributed by atoms with Crippen molar-refractivity contribution < 1.29 is 14.6 Å². The van der Waals surface area contributed by atoms with Gasteiger partial charge in [0, 0.05) is 0 Å². The molecule has 22 heavy (non-hydrogen) atoms. The van der Waals surface area contributed by atoms with Crippen LogP contribution in [-0.2, 0) is 0 Å². The van der Waals surface area contributed by atoms with E-state index >= 15 is 0 Å². The standard InChI is InChI=1S/C18H19NO3/c20-16-11-5-3-9-14(16)18(21)19-15-10-4-6-12-17(15)22-13-7-1-2-8-13/h3-6,9-13,20H,1-2,7-8H2,(H,19,21). The van der Waals surface area contributed by atoms with Gasteiger partial charge in [0.25, 0.3) is 5.91 Å². The molecule has 0 radical (unpaired) electrons. The summed E-state index contributed by atoms with van der Waals surface area (Å²) in [5, 5.41) is 12.6. The van der Waals surface area contributed by atoms with Gasteiger partial charge in [0.15, 0.2) is 0 Å². The Balaban J connectivity index is 1.77. The van der Waals surface area contributed by atoms with Crippen molar-refractivity contribution >= 4 is 11.6 Å². The van der Waals surface area contributed by atoms with Crippen LogP contribution < -0.4 is 10.1 Å². The summed E-state index contributed by atoms with van der Waals surface area (Å²) >= 11 is 0. The number of ether oxygens (including phenoxy) is 1. The Kier molecular flexibility index (Phi) is 4.28. The van der Waals surface area contributed by atoms with Crippen molar-refractivity contribution in [2.45, 2.75) is 31.8 Å². The predicted octanol–water partition coefficient (Wildman–Crippen LogP) is 3.97. The Morgan fingerprint density at radius 3 is 2.50 bits per heavy atom. The molecular weight excluding hydrogens is 278 g/mol. The Morgan fingerprint density at radius 2 is 1.73 bits per heavy atom. The molecule has 2 aromatic carbocycles. The van der Waals surface area contributed by atoms with E-state index in [1.165, 1.54) is 18.9 Å². The van der Waals surface area contributed by atoms with Gasteiger partial charge in [0.05, 0.1) is 17.4 Å². The molecule has 3 rings (SSSR count). The lowest BCUT2D eigenvalue weighted by Gasteiger charge is -2.17. The van der Waals surface area contributed by atoms with Crippen LogP contribution >= 0.6 is 0 Å². The second-order valence-corrected chi connectivity index (χ2v) is 5.49. The minimum absolute atomic E-state index is 0.0332. The summed E-state index contributed by atoms with van der Waals surface area (Å²) in [6.07, 6.45) is 4.72. The fraction of sp³-hybridized carbons (Fsp3) is 0.278. The molecule has 4 heteroatoms. The third-order valence-electron chi connectivity index (χ3n) is 3.88. The molecule has 1 fully saturated rings. The van der Waals surface area contributed by atoms with Crippen molar-refractivity contribution in [3.05, 3.63) is 54.1 Å². The molecule has 2 N–H and O–H groups in total. The third-order valence-corrected chi connectivity index (χ3v) is 3.88. The molecule has 1 aliphatic rings. The summed E-state index contributed by atoms with van der Waals surface area (Å²) in [5.41, 5.74) is 0.876. The molecule has 0 heterocycles. The molecule has 1 aliphatic carbocycles. The number of aromatic hydroxyl groups is 1. The number of benzene rings is 2. The van der Waals surface area contributed by atoms with Crippen LogP contribution in [0.4, 0.5) is 5.69 Å². The minimum Gasteiger partial charge on any atom is -0.507 e. The summed E-state index contributed by atoms with van der Waals surface area (Å²) in [6.45, 7) is 0. The monoisotopic (exact) mass is 297 g/mol. The van der Waals surface area contributed by atoms with Crippen molar-refractivity contribution in [1.82, 2.24) is 0 Å². The van der Waals surface area contributed by atoms with Crippen LogP contribution in [0.15, 0.2) is 48.5 Å². The first-order valence-electron chi connectivity index (χ1n) is 7.59. The molecule has 0 aromatic heterocycles. The number of hydrogen-bond acceptors (Lipinski definition) is 3. The summed E-state index contributed by atoms with van der Waals surface area (Å²) in [4.78, 5) is 12.3. The van der Waals surface area contributed by atoms with E-state index < -0.39 is 0 Å². The number of carbonyl (C=O) groups is 1. The van der Waals surface area contributed by atoms with Gasteiger partial charge in [-0.25, -0.2) is 0 Å². The van der Waals surface area contributed by atoms with Gasteiger partial charge in [-0.1, -0.05) is 24.3 Å². The van der Waals surface area contributed by atoms with E-state index in [2.05, 4.69) is 5.32 Å². The van der Waals surface area contributed by atoms with E-state index in [0.29, 0.717) is 11.4 Å². The first kappa shape index (κ1) is 14.4. The molecule has 114 valence electrons. The number of amides is 1. The fourth-order valence-corrected chi connectivity index (χ4v) is 2.71. The van der Waals surface area contributed by atoms with Crippen molar-refractivity contribution in [1.29, 1.82) is 0 Å². The molecule has 0 bridgehead atoms. The van der Waals surface area contributed by atoms with Gasteiger partial charge in [0.2, 0.25) is 0 Å². The van der Waals surface area contributed by atoms with Crippen molar-refractivity contribution in [3.8, 4) is 11.5 Å². The lowest BCUT2D eigenvalue weighted by atomic mass is 10.2. The lowest BCUT2D eigenvalue weighted by molar-refractivity contribution is 0.102. The highest BCUT2D eigenvalue weighted by molar-refractivity contribution is 6.06. The number of phenolic OH excluding ortho intramolecular Hbond substituents is 1. The van der Waals surface area contributed by atoms with Crippen LogP contribution in [-0.4, -0.2) is 17.1 Å². The lowest BCUT2D eigenvalue weighted by Crippen LogP contribution is -2.16. The average molecular weight is 297 g/mol. The molecule has 0 saturated heterocycles. The SMILES string of the molecule is O=C(Nc1ccccc1OC1CCCC1)c1ccccc1O. The number of carbonyl (C=O) groups excluding carboxylic acids is 1. The van der Waals surface area contributed by atoms with Gasteiger partial charge in [-0.3, -0.25) is 4.79 Å². The van der Waals surface area contributed by atoms with Crippen molar-refractivity contribution in [2.75, 3.05) is 5.32 Å². The van der Waals surface area contributed by atoms with Crippen molar-refractivity contribution in [2.24, 2.45) is 0 Å². The third kappa shape index (κ3) is 3.22. The van der Waals surface area contributed by atoms with Gasteiger partial charge in [-0.2, -0.15) is 0 Å². The van der Waals surface area contributed by atoms with E-state index in [0.717, 1.165) is 12.8 Å². The van der Waals surface area contributed by atoms with Crippen LogP contribution in [0.1, 0.15) is 36.0 Å². The van der Waals surface area contributed by atoms with Crippen LogP contribution in [0.25, 0.3) is 0 Å². The van der Waals surface area contributed by atoms with Gasteiger partial charge in [-0.15, -0.1) is 0 Å². The molecule has 0 unspecified atom stereocenters. The molecule has 0 aliphatic heterocycles. The number of para-hydroxylation sites is 3. The summed E-state index contributed by atoms with van der Waals surface area (Å²) < 4.78 is 6.00. The van der Waals surface area contributed by atoms with Gasteiger partial charge in [0.1, 0.15) is 11.5 Å². The zero-order valence-electron chi connectivity index (χ0n) is 12.3. The molecule has 4 nitrogen and oxygen atoms in total. The van der Waals surface area contributed by atoms with E-state index in [1.54, 1.807) is 18.2 Å². The number of hydrogen-bond donors (Lipinski definition) is 2. The predicted molar refractivity (Wildman–Crippen MR) is 85.4 cm³/mol. The second kappa shape index (κ2) is 6.52. The number of anilines is 1. The molecule has 0 atom stereocenters. The first-order valence-corrected chi connectivity index (χ1v) is 7.59. The summed E-state index contributed by atoms with van der Waals surface area (Å²) in [7, 11) is 0. The Bertz CT molecular complexity index is 663. The minimum atomic E-state index is -0.347. The maximum Gasteiger partial charge on any atom is 0.259 e. The number of phenols is 1. The quantitative estimate of drug-likeness (QED) is 0.898. The Labute approximate surface area is 129 Å². The molecule has 1 saturated carbocycles. The summed E-state index contributed by atoms with van der Waals surface area (Å²) in [5.74, 6) is 0.299. The molecular formula is C18H19NO3. The topological polar surface area (TPSA) is 58.6 Å². The maximum absolute atomic E-state index is 12.3. The highest BCUT2D eigenvalue weighted by atomic mass is 16.5. The van der Waals surface area contributed by atoms with E-state index in [9.17, 15) is 9.90 Å². The molecule has 2 aromatic rings. The Hall–Kier alpha value is -2.49. The molecule has 0 spiro atoms. The van der Waals surface area contributed by atoms with Gasteiger partial charge in [-0.05, 0) is 49.9 Å². The van der Waals surface area contributed by atoms with E-state index in [-0.39, 0.29) is 23.3 Å². The zero-order valence-corrected chi connectivity index (χ0v) is 12.3. The fourth-order valence-electron chi connectivity index (χ4n) is 2.71. The van der Waals surface area contributed by atoms with Crippen LogP contribution in [0.3, 0.4) is 0 Å². The smallest absolute Gasteiger partial charge is 0.259 e. The number of nitrogens with one attached hydrogen (secondary N) is 1. The maximum atomic E-state index is 12.3. The van der Waals surface area contributed by atoms with Gasteiger partial charge < -0.3 is 15.2 Å². The van der Waals surface area contributed by atoms with Crippen LogP contribution in [0.5, 0.6) is 11.5 Å². The highest BCUT2D eigenvalue weighted by Gasteiger charge is 2.19. The zero-order chi connectivity index (χ0) is 15.4. The van der Waals surface area contributed by atoms with E-state index in [1.807, 2.05) is 24.3 Å². The van der Waals surface area contributed by atoms with E-state index in [4.69, 9.17) is 4.74 Å². The van der Waals surface area contributed by atoms with Gasteiger partial charge >= 0.3 is 0 Å². The average Bonchev–Trinajstić information content (AvgIpc) is 3.02. The van der Waals surface area contributed by atoms with Crippen molar-refractivity contribution in [3.63, 3.8) is 0 Å². The number of rotatable bonds is 4. The van der Waals surface area contributed by atoms with Crippen LogP contribution in [0, 0.1) is 0 Å². The second-order valence-electron chi connectivity index (χ2n) is 5.49. The first-order chi connectivity index (χ1) is 10.7. The highest BCUT2D eigenvalue weighted by Crippen LogP contribution is 2.30. The summed E-state index contributed by atoms with van der Waals surface area (Å²) in [6, 6.07) is 13.9. The molecule has 1 amide bonds. The largest absolute Gasteiger partial charge is 0.507 e. The normalized spacial score (nSPS) is 14.7.